The highest BCUT2D eigenvalue weighted by Gasteiger charge is 2.28. The van der Waals surface area contributed by atoms with Crippen LogP contribution in [0.5, 0.6) is 0 Å². The maximum Gasteiger partial charge on any atom is 0.320 e. The van der Waals surface area contributed by atoms with E-state index in [0.717, 1.165) is 25.0 Å². The summed E-state index contributed by atoms with van der Waals surface area (Å²) in [6.07, 6.45) is 2.77. The summed E-state index contributed by atoms with van der Waals surface area (Å²) >= 11 is 1.83. The Balaban J connectivity index is 1.68. The fourth-order valence-corrected chi connectivity index (χ4v) is 3.06. The van der Waals surface area contributed by atoms with Gasteiger partial charge in [-0.25, -0.2) is 0 Å². The van der Waals surface area contributed by atoms with Crippen molar-refractivity contribution in [2.75, 3.05) is 5.75 Å². The van der Waals surface area contributed by atoms with Gasteiger partial charge in [0.2, 0.25) is 0 Å². The number of aliphatic carboxylic acids is 1. The zero-order chi connectivity index (χ0) is 12.1. The van der Waals surface area contributed by atoms with Gasteiger partial charge in [0.15, 0.2) is 0 Å². The number of carbonyl (C=O) groups is 1. The average Bonchev–Trinajstić information content (AvgIpc) is 2.79. The zero-order valence-corrected chi connectivity index (χ0v) is 10.5. The molecule has 2 rings (SSSR count). The fourth-order valence-electron chi connectivity index (χ4n) is 2.08. The second-order valence-corrected chi connectivity index (χ2v) is 5.45. The van der Waals surface area contributed by atoms with Crippen LogP contribution in [0.2, 0.25) is 0 Å². The molecule has 2 N–H and O–H groups in total. The van der Waals surface area contributed by atoms with E-state index in [1.807, 2.05) is 30.0 Å². The van der Waals surface area contributed by atoms with Crippen molar-refractivity contribution in [2.24, 2.45) is 0 Å². The van der Waals surface area contributed by atoms with E-state index < -0.39 is 5.97 Å². The van der Waals surface area contributed by atoms with Gasteiger partial charge in [-0.15, -0.1) is 11.8 Å². The van der Waals surface area contributed by atoms with Gasteiger partial charge in [-0.05, 0) is 37.1 Å². The molecule has 1 aromatic carbocycles. The Labute approximate surface area is 106 Å². The number of hydrogen-bond donors (Lipinski definition) is 2. The normalized spacial score (nSPS) is 23.8. The molecular formula is C13H17NO2S. The highest BCUT2D eigenvalue weighted by atomic mass is 32.2. The molecule has 1 fully saturated rings. The van der Waals surface area contributed by atoms with Crippen LogP contribution in [0.4, 0.5) is 0 Å². The van der Waals surface area contributed by atoms with Crippen LogP contribution in [-0.4, -0.2) is 28.9 Å². The minimum atomic E-state index is -0.719. The van der Waals surface area contributed by atoms with Gasteiger partial charge in [-0.3, -0.25) is 4.79 Å². The van der Waals surface area contributed by atoms with Crippen LogP contribution in [0.1, 0.15) is 19.3 Å². The van der Waals surface area contributed by atoms with E-state index >= 15 is 0 Å². The van der Waals surface area contributed by atoms with E-state index in [2.05, 4.69) is 17.4 Å². The molecular weight excluding hydrogens is 234 g/mol. The van der Waals surface area contributed by atoms with Crippen LogP contribution < -0.4 is 5.32 Å². The highest BCUT2D eigenvalue weighted by molar-refractivity contribution is 7.99. The summed E-state index contributed by atoms with van der Waals surface area (Å²) in [4.78, 5) is 12.1. The van der Waals surface area contributed by atoms with Gasteiger partial charge >= 0.3 is 5.97 Å². The summed E-state index contributed by atoms with van der Waals surface area (Å²) < 4.78 is 0. The lowest BCUT2D eigenvalue weighted by molar-refractivity contribution is -0.139. The van der Waals surface area contributed by atoms with Crippen LogP contribution in [0.25, 0.3) is 0 Å². The number of carboxylic acids is 1. The predicted molar refractivity (Wildman–Crippen MR) is 69.4 cm³/mol. The van der Waals surface area contributed by atoms with E-state index in [4.69, 9.17) is 5.11 Å². The molecule has 0 aliphatic carbocycles. The van der Waals surface area contributed by atoms with Crippen LogP contribution in [0, 0.1) is 0 Å². The Kier molecular flexibility index (Phi) is 4.45. The minimum absolute atomic E-state index is 0.332. The molecule has 2 unspecified atom stereocenters. The van der Waals surface area contributed by atoms with E-state index in [9.17, 15) is 4.79 Å². The summed E-state index contributed by atoms with van der Waals surface area (Å²) in [6.45, 7) is 0. The van der Waals surface area contributed by atoms with E-state index in [0.29, 0.717) is 6.04 Å². The van der Waals surface area contributed by atoms with Crippen molar-refractivity contribution in [1.82, 2.24) is 5.32 Å². The standard InChI is InChI=1S/C13H17NO2S/c15-13(16)12-7-6-10(14-12)8-9-17-11-4-2-1-3-5-11/h1-5,10,12,14H,6-9H2,(H,15,16). The molecule has 17 heavy (non-hydrogen) atoms. The van der Waals surface area contributed by atoms with Gasteiger partial charge in [0, 0.05) is 10.9 Å². The molecule has 0 saturated carbocycles. The molecule has 1 saturated heterocycles. The molecule has 0 bridgehead atoms. The summed E-state index contributed by atoms with van der Waals surface area (Å²) in [7, 11) is 0. The minimum Gasteiger partial charge on any atom is -0.480 e. The Morgan fingerprint density at radius 2 is 2.12 bits per heavy atom. The van der Waals surface area contributed by atoms with Crippen molar-refractivity contribution >= 4 is 17.7 Å². The van der Waals surface area contributed by atoms with Crippen LogP contribution in [-0.2, 0) is 4.79 Å². The molecule has 0 radical (unpaired) electrons. The van der Waals surface area contributed by atoms with Crippen molar-refractivity contribution in [3.8, 4) is 0 Å². The summed E-state index contributed by atoms with van der Waals surface area (Å²) in [5.41, 5.74) is 0. The number of rotatable bonds is 5. The van der Waals surface area contributed by atoms with Gasteiger partial charge in [0.25, 0.3) is 0 Å². The highest BCUT2D eigenvalue weighted by Crippen LogP contribution is 2.22. The Morgan fingerprint density at radius 3 is 2.76 bits per heavy atom. The first-order valence-corrected chi connectivity index (χ1v) is 6.91. The van der Waals surface area contributed by atoms with Crippen LogP contribution in [0.15, 0.2) is 35.2 Å². The number of hydrogen-bond acceptors (Lipinski definition) is 3. The molecule has 0 aromatic heterocycles. The molecule has 4 heteroatoms. The van der Waals surface area contributed by atoms with E-state index in [1.54, 1.807) is 0 Å². The molecule has 0 amide bonds. The van der Waals surface area contributed by atoms with Gasteiger partial charge in [-0.1, -0.05) is 18.2 Å². The van der Waals surface area contributed by atoms with Gasteiger partial charge < -0.3 is 10.4 Å². The second-order valence-electron chi connectivity index (χ2n) is 4.28. The molecule has 1 aliphatic heterocycles. The molecule has 92 valence electrons. The van der Waals surface area contributed by atoms with Crippen molar-refractivity contribution in [2.45, 2.75) is 36.2 Å². The maximum absolute atomic E-state index is 10.8. The smallest absolute Gasteiger partial charge is 0.320 e. The summed E-state index contributed by atoms with van der Waals surface area (Å²) in [5, 5.41) is 12.0. The maximum atomic E-state index is 10.8. The van der Waals surface area contributed by atoms with Crippen molar-refractivity contribution in [3.05, 3.63) is 30.3 Å². The topological polar surface area (TPSA) is 49.3 Å². The number of thioether (sulfide) groups is 1. The molecule has 1 aromatic rings. The molecule has 3 nitrogen and oxygen atoms in total. The summed E-state index contributed by atoms with van der Waals surface area (Å²) in [5.74, 6) is 0.316. The lowest BCUT2D eigenvalue weighted by Crippen LogP contribution is -2.35. The first kappa shape index (κ1) is 12.5. The fraction of sp³-hybridized carbons (Fsp3) is 0.462. The Bertz CT molecular complexity index is 369. The Hall–Kier alpha value is -1.00. The lowest BCUT2D eigenvalue weighted by Gasteiger charge is -2.11. The van der Waals surface area contributed by atoms with Crippen molar-refractivity contribution < 1.29 is 9.90 Å². The monoisotopic (exact) mass is 251 g/mol. The molecule has 2 atom stereocenters. The first-order chi connectivity index (χ1) is 8.25. The molecule has 1 aliphatic rings. The molecule has 0 spiro atoms. The third-order valence-electron chi connectivity index (χ3n) is 3.02. The third kappa shape index (κ3) is 3.75. The van der Waals surface area contributed by atoms with Crippen LogP contribution >= 0.6 is 11.8 Å². The number of carboxylic acid groups (broad SMARTS) is 1. The van der Waals surface area contributed by atoms with Gasteiger partial charge in [0.1, 0.15) is 6.04 Å². The third-order valence-corrected chi connectivity index (χ3v) is 4.06. The van der Waals surface area contributed by atoms with Gasteiger partial charge in [-0.2, -0.15) is 0 Å². The first-order valence-electron chi connectivity index (χ1n) is 5.92. The molecule has 1 heterocycles. The number of nitrogens with one attached hydrogen (secondary N) is 1. The SMILES string of the molecule is O=C(O)C1CCC(CCSc2ccccc2)N1. The zero-order valence-electron chi connectivity index (χ0n) is 9.63. The average molecular weight is 251 g/mol. The number of benzene rings is 1. The van der Waals surface area contributed by atoms with Gasteiger partial charge in [0.05, 0.1) is 0 Å². The second kappa shape index (κ2) is 6.07. The van der Waals surface area contributed by atoms with Crippen molar-refractivity contribution in [1.29, 1.82) is 0 Å². The largest absolute Gasteiger partial charge is 0.480 e. The quantitative estimate of drug-likeness (QED) is 0.789. The van der Waals surface area contributed by atoms with E-state index in [-0.39, 0.29) is 6.04 Å². The van der Waals surface area contributed by atoms with E-state index in [1.165, 1.54) is 4.90 Å². The Morgan fingerprint density at radius 1 is 1.35 bits per heavy atom. The summed E-state index contributed by atoms with van der Waals surface area (Å²) in [6, 6.07) is 10.3. The van der Waals surface area contributed by atoms with Crippen LogP contribution in [0.3, 0.4) is 0 Å². The van der Waals surface area contributed by atoms with Crippen molar-refractivity contribution in [3.63, 3.8) is 0 Å². The lowest BCUT2D eigenvalue weighted by atomic mass is 10.1. The predicted octanol–water partition coefficient (Wildman–Crippen LogP) is 2.37.